The normalized spacial score (nSPS) is 11.2. The van der Waals surface area contributed by atoms with Crippen molar-refractivity contribution in [3.05, 3.63) is 59.4 Å². The summed E-state index contributed by atoms with van der Waals surface area (Å²) in [6.45, 7) is 8.02. The molecule has 0 bridgehead atoms. The lowest BCUT2D eigenvalue weighted by molar-refractivity contribution is -0.140. The quantitative estimate of drug-likeness (QED) is 0.783. The molecule has 2 aromatic rings. The van der Waals surface area contributed by atoms with Gasteiger partial charge in [0.05, 0.1) is 0 Å². The monoisotopic (exact) mass is 342 g/mol. The minimum absolute atomic E-state index is 0.212. The maximum atomic E-state index is 12.7. The van der Waals surface area contributed by atoms with Gasteiger partial charge in [-0.1, -0.05) is 30.3 Å². The van der Waals surface area contributed by atoms with Crippen LogP contribution in [0.25, 0.3) is 0 Å². The maximum absolute atomic E-state index is 12.7. The SMILES string of the molecule is Cc1ccc(C(=O)OCC(=O)N(Cc2ccccc2)C(C)(C)C)n1C. The van der Waals surface area contributed by atoms with E-state index in [9.17, 15) is 9.59 Å². The molecule has 25 heavy (non-hydrogen) atoms. The Kier molecular flexibility index (Phi) is 5.67. The Morgan fingerprint density at radius 2 is 1.72 bits per heavy atom. The van der Waals surface area contributed by atoms with Crippen molar-refractivity contribution in [1.29, 1.82) is 0 Å². The highest BCUT2D eigenvalue weighted by atomic mass is 16.5. The average molecular weight is 342 g/mol. The van der Waals surface area contributed by atoms with E-state index in [-0.39, 0.29) is 18.1 Å². The first kappa shape index (κ1) is 18.8. The van der Waals surface area contributed by atoms with Crippen molar-refractivity contribution in [2.45, 2.75) is 39.8 Å². The third-order valence-corrected chi connectivity index (χ3v) is 4.20. The van der Waals surface area contributed by atoms with Crippen LogP contribution in [-0.4, -0.2) is 33.5 Å². The fourth-order valence-electron chi connectivity index (χ4n) is 2.56. The van der Waals surface area contributed by atoms with E-state index in [0.29, 0.717) is 12.2 Å². The van der Waals surface area contributed by atoms with Gasteiger partial charge >= 0.3 is 5.97 Å². The van der Waals surface area contributed by atoms with Crippen molar-refractivity contribution >= 4 is 11.9 Å². The molecule has 1 aromatic carbocycles. The minimum Gasteiger partial charge on any atom is -0.451 e. The highest BCUT2D eigenvalue weighted by molar-refractivity contribution is 5.90. The fourth-order valence-corrected chi connectivity index (χ4v) is 2.56. The van der Waals surface area contributed by atoms with Crippen molar-refractivity contribution in [1.82, 2.24) is 9.47 Å². The van der Waals surface area contributed by atoms with Gasteiger partial charge in [0, 0.05) is 24.8 Å². The molecule has 0 spiro atoms. The molecule has 2 rings (SSSR count). The number of carbonyl (C=O) groups excluding carboxylic acids is 2. The molecule has 0 aliphatic heterocycles. The van der Waals surface area contributed by atoms with Crippen LogP contribution in [0, 0.1) is 6.92 Å². The van der Waals surface area contributed by atoms with E-state index in [1.807, 2.05) is 64.1 Å². The second-order valence-electron chi connectivity index (χ2n) is 7.13. The van der Waals surface area contributed by atoms with Crippen molar-refractivity contribution in [2.75, 3.05) is 6.61 Å². The molecule has 134 valence electrons. The third-order valence-electron chi connectivity index (χ3n) is 4.20. The van der Waals surface area contributed by atoms with Crippen LogP contribution >= 0.6 is 0 Å². The van der Waals surface area contributed by atoms with Crippen molar-refractivity contribution in [2.24, 2.45) is 7.05 Å². The smallest absolute Gasteiger partial charge is 0.355 e. The molecule has 5 nitrogen and oxygen atoms in total. The predicted octanol–water partition coefficient (Wildman–Crippen LogP) is 3.32. The zero-order chi connectivity index (χ0) is 18.6. The van der Waals surface area contributed by atoms with Crippen LogP contribution in [0.4, 0.5) is 0 Å². The number of aromatic nitrogens is 1. The number of amides is 1. The lowest BCUT2D eigenvalue weighted by Gasteiger charge is -2.35. The minimum atomic E-state index is -0.488. The van der Waals surface area contributed by atoms with E-state index in [4.69, 9.17) is 4.74 Å². The van der Waals surface area contributed by atoms with Crippen molar-refractivity contribution in [3.8, 4) is 0 Å². The molecule has 1 heterocycles. The van der Waals surface area contributed by atoms with Gasteiger partial charge in [0.2, 0.25) is 0 Å². The van der Waals surface area contributed by atoms with Crippen molar-refractivity contribution < 1.29 is 14.3 Å². The molecular weight excluding hydrogens is 316 g/mol. The van der Waals surface area contributed by atoms with E-state index in [0.717, 1.165) is 11.3 Å². The van der Waals surface area contributed by atoms with Gasteiger partial charge in [-0.3, -0.25) is 4.79 Å². The zero-order valence-corrected chi connectivity index (χ0v) is 15.6. The third kappa shape index (κ3) is 4.72. The first-order chi connectivity index (χ1) is 11.7. The van der Waals surface area contributed by atoms with Crippen LogP contribution in [0.5, 0.6) is 0 Å². The number of aryl methyl sites for hydroxylation is 1. The molecule has 0 aliphatic rings. The van der Waals surface area contributed by atoms with Gasteiger partial charge in [0.1, 0.15) is 5.69 Å². The lowest BCUT2D eigenvalue weighted by Crippen LogP contribution is -2.46. The molecule has 0 atom stereocenters. The molecule has 1 aromatic heterocycles. The number of rotatable bonds is 5. The molecule has 0 radical (unpaired) electrons. The first-order valence-corrected chi connectivity index (χ1v) is 8.34. The van der Waals surface area contributed by atoms with E-state index in [2.05, 4.69) is 0 Å². The van der Waals surface area contributed by atoms with Crippen LogP contribution < -0.4 is 0 Å². The summed E-state index contributed by atoms with van der Waals surface area (Å²) in [6, 6.07) is 13.3. The molecule has 0 unspecified atom stereocenters. The number of ether oxygens (including phenoxy) is 1. The zero-order valence-electron chi connectivity index (χ0n) is 15.6. The molecule has 0 N–H and O–H groups in total. The Morgan fingerprint density at radius 3 is 2.24 bits per heavy atom. The summed E-state index contributed by atoms with van der Waals surface area (Å²) in [5.74, 6) is -0.701. The predicted molar refractivity (Wildman–Crippen MR) is 97.2 cm³/mol. The summed E-state index contributed by atoms with van der Waals surface area (Å²) in [5, 5.41) is 0. The van der Waals surface area contributed by atoms with E-state index in [1.165, 1.54) is 0 Å². The topological polar surface area (TPSA) is 51.5 Å². The average Bonchev–Trinajstić information content (AvgIpc) is 2.89. The standard InChI is InChI=1S/C20H26N2O3/c1-15-11-12-17(21(15)5)19(24)25-14-18(23)22(20(2,3)4)13-16-9-7-6-8-10-16/h6-12H,13-14H2,1-5H3. The summed E-state index contributed by atoms with van der Waals surface area (Å²) in [5.41, 5.74) is 2.06. The van der Waals surface area contributed by atoms with Crippen LogP contribution in [-0.2, 0) is 23.1 Å². The van der Waals surface area contributed by atoms with Gasteiger partial charge in [-0.2, -0.15) is 0 Å². The fraction of sp³-hybridized carbons (Fsp3) is 0.400. The Balaban J connectivity index is 2.04. The first-order valence-electron chi connectivity index (χ1n) is 8.34. The Morgan fingerprint density at radius 1 is 1.08 bits per heavy atom. The highest BCUT2D eigenvalue weighted by Crippen LogP contribution is 2.18. The van der Waals surface area contributed by atoms with E-state index >= 15 is 0 Å². The van der Waals surface area contributed by atoms with E-state index in [1.54, 1.807) is 22.6 Å². The van der Waals surface area contributed by atoms with Gasteiger partial charge in [0.15, 0.2) is 6.61 Å². The lowest BCUT2D eigenvalue weighted by atomic mass is 10.0. The van der Waals surface area contributed by atoms with Gasteiger partial charge in [-0.15, -0.1) is 0 Å². The Bertz CT molecular complexity index is 742. The second kappa shape index (κ2) is 7.55. The Labute approximate surface area is 149 Å². The number of hydrogen-bond acceptors (Lipinski definition) is 3. The summed E-state index contributed by atoms with van der Waals surface area (Å²) >= 11 is 0. The molecule has 0 saturated carbocycles. The summed E-state index contributed by atoms with van der Waals surface area (Å²) in [4.78, 5) is 26.6. The van der Waals surface area contributed by atoms with Crippen LogP contribution in [0.1, 0.15) is 42.5 Å². The van der Waals surface area contributed by atoms with Crippen LogP contribution in [0.2, 0.25) is 0 Å². The second-order valence-corrected chi connectivity index (χ2v) is 7.13. The van der Waals surface area contributed by atoms with Gasteiger partial charge in [0.25, 0.3) is 5.91 Å². The van der Waals surface area contributed by atoms with Crippen LogP contribution in [0.3, 0.4) is 0 Å². The van der Waals surface area contributed by atoms with Gasteiger partial charge in [-0.25, -0.2) is 4.79 Å². The largest absolute Gasteiger partial charge is 0.451 e. The number of nitrogens with zero attached hydrogens (tertiary/aromatic N) is 2. The summed E-state index contributed by atoms with van der Waals surface area (Å²) in [6.07, 6.45) is 0. The Hall–Kier alpha value is -2.56. The number of carbonyl (C=O) groups is 2. The van der Waals surface area contributed by atoms with E-state index < -0.39 is 5.97 Å². The summed E-state index contributed by atoms with van der Waals surface area (Å²) in [7, 11) is 1.80. The van der Waals surface area contributed by atoms with Crippen molar-refractivity contribution in [3.63, 3.8) is 0 Å². The maximum Gasteiger partial charge on any atom is 0.355 e. The highest BCUT2D eigenvalue weighted by Gasteiger charge is 2.27. The molecule has 0 saturated heterocycles. The molecule has 0 fully saturated rings. The van der Waals surface area contributed by atoms with Crippen LogP contribution in [0.15, 0.2) is 42.5 Å². The number of hydrogen-bond donors (Lipinski definition) is 0. The van der Waals surface area contributed by atoms with Gasteiger partial charge in [-0.05, 0) is 45.4 Å². The van der Waals surface area contributed by atoms with Gasteiger partial charge < -0.3 is 14.2 Å². The molecule has 5 heteroatoms. The number of esters is 1. The summed E-state index contributed by atoms with van der Waals surface area (Å²) < 4.78 is 7.00. The molecule has 1 amide bonds. The number of benzene rings is 1. The molecule has 0 aliphatic carbocycles. The molecular formula is C20H26N2O3.